The molecule has 2 heterocycles. The highest BCUT2D eigenvalue weighted by Gasteiger charge is 2.08. The fourth-order valence-corrected chi connectivity index (χ4v) is 1.50. The quantitative estimate of drug-likeness (QED) is 0.757. The summed E-state index contributed by atoms with van der Waals surface area (Å²) in [6.45, 7) is 0. The molecule has 0 amide bonds. The molecule has 0 radical (unpaired) electrons. The third-order valence-corrected chi connectivity index (χ3v) is 2.33. The van der Waals surface area contributed by atoms with E-state index in [1.54, 1.807) is 16.8 Å². The monoisotopic (exact) mass is 246 g/mol. The topological polar surface area (TPSA) is 17.3 Å². The van der Waals surface area contributed by atoms with E-state index in [1.165, 1.54) is 12.1 Å². The minimum Gasteiger partial charge on any atom is -0.294 e. The summed E-state index contributed by atoms with van der Waals surface area (Å²) in [6, 6.07) is 2.75. The van der Waals surface area contributed by atoms with Gasteiger partial charge in [0.25, 0.3) is 6.43 Å². The van der Waals surface area contributed by atoms with E-state index in [-0.39, 0.29) is 5.56 Å². The molecule has 0 fully saturated rings. The molecule has 13 heavy (non-hydrogen) atoms. The highest BCUT2D eigenvalue weighted by Crippen LogP contribution is 2.21. The molecule has 0 aliphatic carbocycles. The first-order chi connectivity index (χ1) is 6.18. The van der Waals surface area contributed by atoms with E-state index in [2.05, 4.69) is 20.9 Å². The van der Waals surface area contributed by atoms with Crippen LogP contribution in [0.25, 0.3) is 5.65 Å². The van der Waals surface area contributed by atoms with Crippen molar-refractivity contribution < 1.29 is 8.78 Å². The van der Waals surface area contributed by atoms with Crippen LogP contribution in [-0.2, 0) is 0 Å². The van der Waals surface area contributed by atoms with Crippen LogP contribution in [0.2, 0.25) is 0 Å². The Morgan fingerprint density at radius 3 is 2.92 bits per heavy atom. The molecular formula is C8H5BrF2N2. The van der Waals surface area contributed by atoms with Crippen molar-refractivity contribution in [3.05, 3.63) is 34.7 Å². The Labute approximate surface area is 81.3 Å². The molecule has 0 N–H and O–H groups in total. The Kier molecular flexibility index (Phi) is 2.03. The predicted octanol–water partition coefficient (Wildman–Crippen LogP) is 3.03. The lowest BCUT2D eigenvalue weighted by molar-refractivity contribution is 0.151. The molecule has 2 nitrogen and oxygen atoms in total. The highest BCUT2D eigenvalue weighted by molar-refractivity contribution is 9.10. The van der Waals surface area contributed by atoms with Crippen molar-refractivity contribution in [1.29, 1.82) is 0 Å². The lowest BCUT2D eigenvalue weighted by Gasteiger charge is -1.99. The molecule has 0 saturated heterocycles. The van der Waals surface area contributed by atoms with Gasteiger partial charge in [0, 0.05) is 11.8 Å². The predicted molar refractivity (Wildman–Crippen MR) is 47.8 cm³/mol. The second-order valence-electron chi connectivity index (χ2n) is 2.57. The average Bonchev–Trinajstić information content (AvgIpc) is 2.47. The van der Waals surface area contributed by atoms with Crippen LogP contribution in [-0.4, -0.2) is 9.38 Å². The lowest BCUT2D eigenvalue weighted by atomic mass is 10.3. The van der Waals surface area contributed by atoms with Gasteiger partial charge in [0.15, 0.2) is 0 Å². The molecule has 0 atom stereocenters. The number of halogens is 3. The summed E-state index contributed by atoms with van der Waals surface area (Å²) in [5.41, 5.74) is 0.510. The SMILES string of the molecule is FC(F)c1ccn2c(Br)cnc2c1. The fraction of sp³-hybridized carbons (Fsp3) is 0.125. The first-order valence-corrected chi connectivity index (χ1v) is 4.38. The molecule has 2 aromatic rings. The van der Waals surface area contributed by atoms with Gasteiger partial charge in [0.1, 0.15) is 10.3 Å². The third kappa shape index (κ3) is 1.44. The number of fused-ring (bicyclic) bond motifs is 1. The number of pyridine rings is 1. The van der Waals surface area contributed by atoms with Crippen molar-refractivity contribution in [2.45, 2.75) is 6.43 Å². The Bertz CT molecular complexity index is 439. The normalized spacial score (nSPS) is 11.4. The Morgan fingerprint density at radius 1 is 1.46 bits per heavy atom. The van der Waals surface area contributed by atoms with Crippen molar-refractivity contribution in [1.82, 2.24) is 9.38 Å². The van der Waals surface area contributed by atoms with Crippen molar-refractivity contribution in [3.63, 3.8) is 0 Å². The van der Waals surface area contributed by atoms with Gasteiger partial charge in [0.2, 0.25) is 0 Å². The van der Waals surface area contributed by atoms with Gasteiger partial charge in [-0.1, -0.05) is 0 Å². The van der Waals surface area contributed by atoms with E-state index in [9.17, 15) is 8.78 Å². The zero-order valence-electron chi connectivity index (χ0n) is 6.42. The van der Waals surface area contributed by atoms with Gasteiger partial charge in [-0.25, -0.2) is 13.8 Å². The van der Waals surface area contributed by atoms with Crippen molar-refractivity contribution >= 4 is 21.6 Å². The summed E-state index contributed by atoms with van der Waals surface area (Å²) >= 11 is 3.24. The van der Waals surface area contributed by atoms with Crippen LogP contribution >= 0.6 is 15.9 Å². The smallest absolute Gasteiger partial charge is 0.264 e. The van der Waals surface area contributed by atoms with E-state index in [0.717, 1.165) is 4.60 Å². The molecule has 68 valence electrons. The van der Waals surface area contributed by atoms with Gasteiger partial charge >= 0.3 is 0 Å². The molecule has 2 rings (SSSR count). The van der Waals surface area contributed by atoms with E-state index in [4.69, 9.17) is 0 Å². The molecule has 0 aliphatic rings. The molecule has 2 aromatic heterocycles. The van der Waals surface area contributed by atoms with E-state index in [0.29, 0.717) is 5.65 Å². The number of nitrogens with zero attached hydrogens (tertiary/aromatic N) is 2. The van der Waals surface area contributed by atoms with Crippen LogP contribution in [0.5, 0.6) is 0 Å². The molecule has 0 aromatic carbocycles. The van der Waals surface area contributed by atoms with Gasteiger partial charge in [-0.15, -0.1) is 0 Å². The van der Waals surface area contributed by atoms with Crippen molar-refractivity contribution in [3.8, 4) is 0 Å². The standard InChI is InChI=1S/C8H5BrF2N2/c9-6-4-12-7-3-5(8(10)11)1-2-13(6)7/h1-4,8H. The van der Waals surface area contributed by atoms with Gasteiger partial charge < -0.3 is 0 Å². The van der Waals surface area contributed by atoms with Crippen molar-refractivity contribution in [2.24, 2.45) is 0 Å². The number of imidazole rings is 1. The van der Waals surface area contributed by atoms with Crippen LogP contribution in [0, 0.1) is 0 Å². The van der Waals surface area contributed by atoms with E-state index in [1.807, 2.05) is 0 Å². The van der Waals surface area contributed by atoms with Crippen LogP contribution < -0.4 is 0 Å². The fourth-order valence-electron chi connectivity index (χ4n) is 1.10. The Hall–Kier alpha value is -0.970. The zero-order valence-corrected chi connectivity index (χ0v) is 8.00. The third-order valence-electron chi connectivity index (χ3n) is 1.74. The van der Waals surface area contributed by atoms with Crippen LogP contribution in [0.1, 0.15) is 12.0 Å². The minimum atomic E-state index is -2.44. The van der Waals surface area contributed by atoms with Crippen LogP contribution in [0.3, 0.4) is 0 Å². The molecule has 0 bridgehead atoms. The van der Waals surface area contributed by atoms with E-state index < -0.39 is 6.43 Å². The number of rotatable bonds is 1. The second kappa shape index (κ2) is 3.06. The lowest BCUT2D eigenvalue weighted by Crippen LogP contribution is -1.89. The van der Waals surface area contributed by atoms with E-state index >= 15 is 0 Å². The Morgan fingerprint density at radius 2 is 2.23 bits per heavy atom. The largest absolute Gasteiger partial charge is 0.294 e. The first-order valence-electron chi connectivity index (χ1n) is 3.59. The number of hydrogen-bond donors (Lipinski definition) is 0. The number of alkyl halides is 2. The van der Waals surface area contributed by atoms with Gasteiger partial charge in [-0.2, -0.15) is 0 Å². The van der Waals surface area contributed by atoms with Gasteiger partial charge in [0.05, 0.1) is 6.20 Å². The summed E-state index contributed by atoms with van der Waals surface area (Å²) in [7, 11) is 0. The maximum absolute atomic E-state index is 12.3. The van der Waals surface area contributed by atoms with Crippen LogP contribution in [0.15, 0.2) is 29.1 Å². The van der Waals surface area contributed by atoms with Crippen molar-refractivity contribution in [2.75, 3.05) is 0 Å². The summed E-state index contributed by atoms with van der Waals surface area (Å²) in [6.07, 6.45) is 0.693. The summed E-state index contributed by atoms with van der Waals surface area (Å²) in [4.78, 5) is 3.94. The highest BCUT2D eigenvalue weighted by atomic mass is 79.9. The summed E-state index contributed by atoms with van der Waals surface area (Å²) in [5.74, 6) is 0. The Balaban J connectivity index is 2.63. The van der Waals surface area contributed by atoms with Gasteiger partial charge in [-0.05, 0) is 28.1 Å². The van der Waals surface area contributed by atoms with Crippen LogP contribution in [0.4, 0.5) is 8.78 Å². The maximum atomic E-state index is 12.3. The summed E-state index contributed by atoms with van der Waals surface area (Å²) < 4.78 is 26.9. The first kappa shape index (κ1) is 8.62. The average molecular weight is 247 g/mol. The molecular weight excluding hydrogens is 242 g/mol. The molecule has 0 unspecified atom stereocenters. The number of aromatic nitrogens is 2. The number of hydrogen-bond acceptors (Lipinski definition) is 1. The summed E-state index contributed by atoms with van der Waals surface area (Å²) in [5, 5.41) is 0. The minimum absolute atomic E-state index is 0.00870. The maximum Gasteiger partial charge on any atom is 0.264 e. The zero-order chi connectivity index (χ0) is 9.42. The molecule has 0 aliphatic heterocycles. The molecule has 0 spiro atoms. The molecule has 5 heteroatoms. The second-order valence-corrected chi connectivity index (χ2v) is 3.38. The van der Waals surface area contributed by atoms with Gasteiger partial charge in [-0.3, -0.25) is 4.40 Å². The molecule has 0 saturated carbocycles.